The lowest BCUT2D eigenvalue weighted by Gasteiger charge is -2.19. The monoisotopic (exact) mass is 206 g/mol. The largest absolute Gasteiger partial charge is 0.340 e. The van der Waals surface area contributed by atoms with Crippen molar-refractivity contribution in [3.63, 3.8) is 0 Å². The molecular formula is C12H18N2O. The Hall–Kier alpha value is -1.35. The van der Waals surface area contributed by atoms with Gasteiger partial charge < -0.3 is 10.6 Å². The van der Waals surface area contributed by atoms with E-state index in [1.165, 1.54) is 0 Å². The lowest BCUT2D eigenvalue weighted by molar-refractivity contribution is 0.0789. The average molecular weight is 206 g/mol. The predicted octanol–water partition coefficient (Wildman–Crippen LogP) is 1.41. The van der Waals surface area contributed by atoms with Gasteiger partial charge in [-0.3, -0.25) is 4.79 Å². The molecule has 0 bridgehead atoms. The fourth-order valence-electron chi connectivity index (χ4n) is 1.43. The van der Waals surface area contributed by atoms with E-state index < -0.39 is 0 Å². The molecular weight excluding hydrogens is 188 g/mol. The molecule has 1 aromatic rings. The molecule has 0 aliphatic carbocycles. The molecule has 0 aliphatic heterocycles. The minimum atomic E-state index is 0.00407. The fraction of sp³-hybridized carbons (Fsp3) is 0.417. The Bertz CT molecular complexity index is 330. The summed E-state index contributed by atoms with van der Waals surface area (Å²) in [4.78, 5) is 13.5. The number of likely N-dealkylation sites (N-methyl/N-ethyl adjacent to an activating group) is 1. The first-order valence-electron chi connectivity index (χ1n) is 5.08. The quantitative estimate of drug-likeness (QED) is 0.813. The number of aryl methyl sites for hydroxylation is 1. The van der Waals surface area contributed by atoms with Gasteiger partial charge in [0.1, 0.15) is 0 Å². The van der Waals surface area contributed by atoms with Crippen LogP contribution in [0.1, 0.15) is 22.8 Å². The minimum absolute atomic E-state index is 0.00407. The van der Waals surface area contributed by atoms with Crippen LogP contribution < -0.4 is 5.73 Å². The summed E-state index contributed by atoms with van der Waals surface area (Å²) in [6.45, 7) is 4.46. The maximum absolute atomic E-state index is 11.9. The van der Waals surface area contributed by atoms with Gasteiger partial charge in [0.05, 0.1) is 0 Å². The molecule has 1 amide bonds. The number of hydrogen-bond acceptors (Lipinski definition) is 2. The van der Waals surface area contributed by atoms with Crippen molar-refractivity contribution in [2.75, 3.05) is 13.6 Å². The molecule has 0 aromatic heterocycles. The molecule has 3 heteroatoms. The van der Waals surface area contributed by atoms with Crippen LogP contribution >= 0.6 is 0 Å². The van der Waals surface area contributed by atoms with E-state index in [9.17, 15) is 4.79 Å². The molecule has 0 spiro atoms. The molecule has 0 saturated carbocycles. The molecule has 2 N–H and O–H groups in total. The van der Waals surface area contributed by atoms with Crippen molar-refractivity contribution < 1.29 is 4.79 Å². The standard InChI is InChI=1S/C12H18N2O/c1-9-4-6-11(7-5-9)12(15)14(3)8-10(2)13/h4-7,10H,8,13H2,1-3H3. The highest BCUT2D eigenvalue weighted by Gasteiger charge is 2.11. The van der Waals surface area contributed by atoms with Crippen molar-refractivity contribution in [1.29, 1.82) is 0 Å². The Kier molecular flexibility index (Phi) is 3.86. The minimum Gasteiger partial charge on any atom is -0.340 e. The van der Waals surface area contributed by atoms with E-state index in [0.717, 1.165) is 5.56 Å². The highest BCUT2D eigenvalue weighted by atomic mass is 16.2. The molecule has 0 saturated heterocycles. The van der Waals surface area contributed by atoms with Gasteiger partial charge in [-0.15, -0.1) is 0 Å². The number of carbonyl (C=O) groups is 1. The van der Waals surface area contributed by atoms with Crippen LogP contribution in [0.5, 0.6) is 0 Å². The summed E-state index contributed by atoms with van der Waals surface area (Å²) in [6.07, 6.45) is 0. The zero-order chi connectivity index (χ0) is 11.4. The third-order valence-corrected chi connectivity index (χ3v) is 2.21. The molecule has 1 aromatic carbocycles. The van der Waals surface area contributed by atoms with Crippen molar-refractivity contribution >= 4 is 5.91 Å². The van der Waals surface area contributed by atoms with Gasteiger partial charge in [0, 0.05) is 25.2 Å². The van der Waals surface area contributed by atoms with Gasteiger partial charge in [-0.05, 0) is 26.0 Å². The Morgan fingerprint density at radius 1 is 1.40 bits per heavy atom. The van der Waals surface area contributed by atoms with Gasteiger partial charge in [0.25, 0.3) is 5.91 Å². The maximum atomic E-state index is 11.9. The van der Waals surface area contributed by atoms with Crippen molar-refractivity contribution in [3.05, 3.63) is 35.4 Å². The topological polar surface area (TPSA) is 46.3 Å². The summed E-state index contributed by atoms with van der Waals surface area (Å²) in [6, 6.07) is 7.56. The van der Waals surface area contributed by atoms with E-state index in [4.69, 9.17) is 5.73 Å². The Balaban J connectivity index is 2.72. The van der Waals surface area contributed by atoms with Crippen LogP contribution in [0.3, 0.4) is 0 Å². The third-order valence-electron chi connectivity index (χ3n) is 2.21. The number of nitrogens with zero attached hydrogens (tertiary/aromatic N) is 1. The van der Waals surface area contributed by atoms with Gasteiger partial charge >= 0.3 is 0 Å². The Morgan fingerprint density at radius 3 is 2.40 bits per heavy atom. The summed E-state index contributed by atoms with van der Waals surface area (Å²) in [5.41, 5.74) is 7.51. The molecule has 0 radical (unpaired) electrons. The van der Waals surface area contributed by atoms with E-state index >= 15 is 0 Å². The van der Waals surface area contributed by atoms with Gasteiger partial charge in [0.2, 0.25) is 0 Å². The zero-order valence-electron chi connectivity index (χ0n) is 9.53. The molecule has 0 heterocycles. The van der Waals surface area contributed by atoms with Crippen LogP contribution in [0, 0.1) is 6.92 Å². The highest BCUT2D eigenvalue weighted by molar-refractivity contribution is 5.94. The summed E-state index contributed by atoms with van der Waals surface area (Å²) in [5.74, 6) is 0.0206. The molecule has 1 atom stereocenters. The van der Waals surface area contributed by atoms with E-state index in [1.54, 1.807) is 11.9 Å². The van der Waals surface area contributed by atoms with E-state index in [0.29, 0.717) is 12.1 Å². The summed E-state index contributed by atoms with van der Waals surface area (Å²) >= 11 is 0. The summed E-state index contributed by atoms with van der Waals surface area (Å²) in [7, 11) is 1.77. The van der Waals surface area contributed by atoms with Crippen LogP contribution in [0.4, 0.5) is 0 Å². The molecule has 3 nitrogen and oxygen atoms in total. The number of hydrogen-bond donors (Lipinski definition) is 1. The fourth-order valence-corrected chi connectivity index (χ4v) is 1.43. The molecule has 15 heavy (non-hydrogen) atoms. The molecule has 0 aliphatic rings. The van der Waals surface area contributed by atoms with Gasteiger partial charge in [-0.2, -0.15) is 0 Å². The first-order chi connectivity index (χ1) is 7.00. The number of carbonyl (C=O) groups excluding carboxylic acids is 1. The van der Waals surface area contributed by atoms with E-state index in [2.05, 4.69) is 0 Å². The average Bonchev–Trinajstić information content (AvgIpc) is 2.17. The smallest absolute Gasteiger partial charge is 0.253 e. The second kappa shape index (κ2) is 4.94. The molecule has 0 fully saturated rings. The normalized spacial score (nSPS) is 12.3. The summed E-state index contributed by atoms with van der Waals surface area (Å²) < 4.78 is 0. The van der Waals surface area contributed by atoms with Crippen LogP contribution in [-0.4, -0.2) is 30.4 Å². The van der Waals surface area contributed by atoms with Gasteiger partial charge in [-0.1, -0.05) is 17.7 Å². The predicted molar refractivity (Wildman–Crippen MR) is 61.8 cm³/mol. The number of nitrogens with two attached hydrogens (primary N) is 1. The van der Waals surface area contributed by atoms with E-state index in [-0.39, 0.29) is 11.9 Å². The van der Waals surface area contributed by atoms with Crippen molar-refractivity contribution in [2.45, 2.75) is 19.9 Å². The zero-order valence-corrected chi connectivity index (χ0v) is 9.53. The SMILES string of the molecule is Cc1ccc(C(=O)N(C)CC(C)N)cc1. The number of amides is 1. The molecule has 1 rings (SSSR count). The Morgan fingerprint density at radius 2 is 1.93 bits per heavy atom. The maximum Gasteiger partial charge on any atom is 0.253 e. The van der Waals surface area contributed by atoms with E-state index in [1.807, 2.05) is 38.1 Å². The second-order valence-electron chi connectivity index (χ2n) is 4.03. The highest BCUT2D eigenvalue weighted by Crippen LogP contribution is 2.06. The van der Waals surface area contributed by atoms with Crippen molar-refractivity contribution in [1.82, 2.24) is 4.90 Å². The molecule has 1 unspecified atom stereocenters. The van der Waals surface area contributed by atoms with Crippen molar-refractivity contribution in [2.24, 2.45) is 5.73 Å². The lowest BCUT2D eigenvalue weighted by atomic mass is 10.1. The second-order valence-corrected chi connectivity index (χ2v) is 4.03. The van der Waals surface area contributed by atoms with Crippen molar-refractivity contribution in [3.8, 4) is 0 Å². The number of rotatable bonds is 3. The van der Waals surface area contributed by atoms with Crippen LogP contribution in [0.2, 0.25) is 0 Å². The van der Waals surface area contributed by atoms with Crippen LogP contribution in [0.15, 0.2) is 24.3 Å². The van der Waals surface area contributed by atoms with Crippen LogP contribution in [0.25, 0.3) is 0 Å². The third kappa shape index (κ3) is 3.36. The first-order valence-corrected chi connectivity index (χ1v) is 5.08. The lowest BCUT2D eigenvalue weighted by Crippen LogP contribution is -2.36. The summed E-state index contributed by atoms with van der Waals surface area (Å²) in [5, 5.41) is 0. The Labute approximate surface area is 90.9 Å². The van der Waals surface area contributed by atoms with Gasteiger partial charge in [-0.25, -0.2) is 0 Å². The van der Waals surface area contributed by atoms with Crippen LogP contribution in [-0.2, 0) is 0 Å². The van der Waals surface area contributed by atoms with Gasteiger partial charge in [0.15, 0.2) is 0 Å². The molecule has 82 valence electrons. The number of benzene rings is 1. The first kappa shape index (κ1) is 11.7.